The van der Waals surface area contributed by atoms with Crippen LogP contribution in [0.1, 0.15) is 28.2 Å². The Balaban J connectivity index is 2.01. The van der Waals surface area contributed by atoms with Crippen LogP contribution in [0, 0.1) is 0 Å². The normalized spacial score (nSPS) is 17.4. The number of fused-ring (bicyclic) bond motifs is 1. The van der Waals surface area contributed by atoms with Gasteiger partial charge in [-0.05, 0) is 19.3 Å². The van der Waals surface area contributed by atoms with Crippen LogP contribution in [0.25, 0.3) is 0 Å². The zero-order valence-corrected chi connectivity index (χ0v) is 10.3. The first-order chi connectivity index (χ1) is 9.11. The summed E-state index contributed by atoms with van der Waals surface area (Å²) in [6, 6.07) is -0.138. The van der Waals surface area contributed by atoms with Crippen LogP contribution < -0.4 is 5.32 Å². The Morgan fingerprint density at radius 3 is 3.11 bits per heavy atom. The molecule has 1 heterocycles. The fourth-order valence-electron chi connectivity index (χ4n) is 2.14. The van der Waals surface area contributed by atoms with Gasteiger partial charge in [-0.3, -0.25) is 5.10 Å². The molecule has 7 heteroatoms. The number of aromatic amines is 1. The van der Waals surface area contributed by atoms with Gasteiger partial charge >= 0.3 is 12.1 Å². The predicted octanol–water partition coefficient (Wildman–Crippen LogP) is 0.877. The van der Waals surface area contributed by atoms with Gasteiger partial charge in [0.05, 0.1) is 0 Å². The molecule has 0 radical (unpaired) electrons. The van der Waals surface area contributed by atoms with Gasteiger partial charge < -0.3 is 15.2 Å². The lowest BCUT2D eigenvalue weighted by atomic mass is 9.91. The Bertz CT molecular complexity index is 509. The number of hydrogen-bond donors (Lipinski definition) is 3. The van der Waals surface area contributed by atoms with Crippen molar-refractivity contribution in [2.75, 3.05) is 6.61 Å². The van der Waals surface area contributed by atoms with E-state index in [1.165, 1.54) is 6.08 Å². The number of ether oxygens (including phenoxy) is 1. The Labute approximate surface area is 109 Å². The molecule has 0 saturated heterocycles. The summed E-state index contributed by atoms with van der Waals surface area (Å²) in [5.74, 6) is -1.06. The maximum atomic E-state index is 11.4. The number of rotatable bonds is 4. The molecular weight excluding hydrogens is 250 g/mol. The van der Waals surface area contributed by atoms with Gasteiger partial charge in [0.2, 0.25) is 0 Å². The first kappa shape index (κ1) is 13.1. The lowest BCUT2D eigenvalue weighted by molar-refractivity contribution is 0.0689. The van der Waals surface area contributed by atoms with Crippen LogP contribution in [0.4, 0.5) is 4.79 Å². The van der Waals surface area contributed by atoms with Crippen molar-refractivity contribution in [1.29, 1.82) is 0 Å². The number of nitrogens with zero attached hydrogens (tertiary/aromatic N) is 1. The van der Waals surface area contributed by atoms with Gasteiger partial charge in [-0.2, -0.15) is 5.10 Å². The molecule has 0 bridgehead atoms. The van der Waals surface area contributed by atoms with Gasteiger partial charge in [-0.1, -0.05) is 12.7 Å². The zero-order chi connectivity index (χ0) is 13.8. The summed E-state index contributed by atoms with van der Waals surface area (Å²) in [7, 11) is 0. The highest BCUT2D eigenvalue weighted by atomic mass is 16.5. The third-order valence-electron chi connectivity index (χ3n) is 3.00. The molecule has 1 atom stereocenters. The molecule has 19 heavy (non-hydrogen) atoms. The number of aromatic carboxylic acids is 1. The fourth-order valence-corrected chi connectivity index (χ4v) is 2.14. The smallest absolute Gasteiger partial charge is 0.407 e. The number of nitrogens with one attached hydrogen (secondary N) is 2. The van der Waals surface area contributed by atoms with Crippen molar-refractivity contribution in [1.82, 2.24) is 15.5 Å². The number of carbonyl (C=O) groups excluding carboxylic acids is 1. The number of aryl methyl sites for hydroxylation is 1. The Hall–Kier alpha value is -2.31. The van der Waals surface area contributed by atoms with Crippen molar-refractivity contribution in [3.05, 3.63) is 29.6 Å². The second kappa shape index (κ2) is 5.55. The number of carboxylic acid groups (broad SMARTS) is 1. The molecular formula is C12H15N3O4. The second-order valence-corrected chi connectivity index (χ2v) is 4.31. The molecule has 0 saturated carbocycles. The number of aromatic nitrogens is 2. The van der Waals surface area contributed by atoms with Crippen molar-refractivity contribution in [3.63, 3.8) is 0 Å². The third kappa shape index (κ3) is 2.93. The monoisotopic (exact) mass is 265 g/mol. The van der Waals surface area contributed by atoms with Crippen molar-refractivity contribution < 1.29 is 19.4 Å². The van der Waals surface area contributed by atoms with Crippen LogP contribution in [0.5, 0.6) is 0 Å². The van der Waals surface area contributed by atoms with Gasteiger partial charge in [0.25, 0.3) is 0 Å². The minimum atomic E-state index is -1.06. The van der Waals surface area contributed by atoms with Crippen LogP contribution in [0.2, 0.25) is 0 Å². The van der Waals surface area contributed by atoms with E-state index in [0.717, 1.165) is 12.1 Å². The number of carbonyl (C=O) groups is 2. The van der Waals surface area contributed by atoms with E-state index in [0.29, 0.717) is 18.4 Å². The highest BCUT2D eigenvalue weighted by Gasteiger charge is 2.27. The lowest BCUT2D eigenvalue weighted by Crippen LogP contribution is -2.39. The fraction of sp³-hybridized carbons (Fsp3) is 0.417. The zero-order valence-electron chi connectivity index (χ0n) is 10.3. The number of H-pyrrole nitrogens is 1. The van der Waals surface area contributed by atoms with Crippen molar-refractivity contribution in [2.24, 2.45) is 0 Å². The minimum Gasteiger partial charge on any atom is -0.476 e. The third-order valence-corrected chi connectivity index (χ3v) is 3.00. The lowest BCUT2D eigenvalue weighted by Gasteiger charge is -2.22. The van der Waals surface area contributed by atoms with E-state index in [9.17, 15) is 9.59 Å². The van der Waals surface area contributed by atoms with E-state index >= 15 is 0 Å². The molecule has 7 nitrogen and oxygen atoms in total. The van der Waals surface area contributed by atoms with Gasteiger partial charge in [0.15, 0.2) is 5.69 Å². The molecule has 0 aliphatic heterocycles. The second-order valence-electron chi connectivity index (χ2n) is 4.31. The SMILES string of the molecule is C=CCOC(=O)NC1CCc2[nH]nc(C(=O)O)c2C1. The van der Waals surface area contributed by atoms with Gasteiger partial charge in [0.1, 0.15) is 6.61 Å². The molecule has 1 aliphatic rings. The first-order valence-corrected chi connectivity index (χ1v) is 5.95. The van der Waals surface area contributed by atoms with Gasteiger partial charge in [-0.15, -0.1) is 0 Å². The molecule has 1 aromatic rings. The minimum absolute atomic E-state index is 0.0287. The van der Waals surface area contributed by atoms with Crippen LogP contribution in [-0.2, 0) is 17.6 Å². The van der Waals surface area contributed by atoms with E-state index in [4.69, 9.17) is 9.84 Å². The average Bonchev–Trinajstić information content (AvgIpc) is 2.79. The quantitative estimate of drug-likeness (QED) is 0.701. The summed E-state index contributed by atoms with van der Waals surface area (Å²) < 4.78 is 4.83. The van der Waals surface area contributed by atoms with Crippen LogP contribution in [0.3, 0.4) is 0 Å². The van der Waals surface area contributed by atoms with Gasteiger partial charge in [-0.25, -0.2) is 9.59 Å². The van der Waals surface area contributed by atoms with Gasteiger partial charge in [0, 0.05) is 17.3 Å². The summed E-state index contributed by atoms with van der Waals surface area (Å²) >= 11 is 0. The Morgan fingerprint density at radius 1 is 1.63 bits per heavy atom. The Morgan fingerprint density at radius 2 is 2.42 bits per heavy atom. The summed E-state index contributed by atoms with van der Waals surface area (Å²) in [4.78, 5) is 22.4. The first-order valence-electron chi connectivity index (χ1n) is 5.95. The van der Waals surface area contributed by atoms with E-state index in [2.05, 4.69) is 22.1 Å². The van der Waals surface area contributed by atoms with Crippen LogP contribution in [0.15, 0.2) is 12.7 Å². The molecule has 2 rings (SSSR count). The molecule has 3 N–H and O–H groups in total. The molecule has 1 aromatic heterocycles. The molecule has 1 unspecified atom stereocenters. The summed E-state index contributed by atoms with van der Waals surface area (Å²) in [6.45, 7) is 3.60. The molecule has 0 fully saturated rings. The highest BCUT2D eigenvalue weighted by molar-refractivity contribution is 5.87. The topological polar surface area (TPSA) is 104 Å². The predicted molar refractivity (Wildman–Crippen MR) is 66.0 cm³/mol. The standard InChI is InChI=1S/C12H15N3O4/c1-2-5-19-12(18)13-7-3-4-9-8(6-7)10(11(16)17)15-14-9/h2,7H,1,3-6H2,(H,13,18)(H,14,15)(H,16,17). The Kier molecular flexibility index (Phi) is 3.84. The summed E-state index contributed by atoms with van der Waals surface area (Å²) in [6.07, 6.45) is 2.78. The number of amides is 1. The molecule has 0 aromatic carbocycles. The van der Waals surface area contributed by atoms with E-state index in [1.807, 2.05) is 0 Å². The van der Waals surface area contributed by atoms with Crippen molar-refractivity contribution in [3.8, 4) is 0 Å². The van der Waals surface area contributed by atoms with Crippen LogP contribution >= 0.6 is 0 Å². The largest absolute Gasteiger partial charge is 0.476 e. The van der Waals surface area contributed by atoms with E-state index in [1.54, 1.807) is 0 Å². The van der Waals surface area contributed by atoms with Crippen molar-refractivity contribution in [2.45, 2.75) is 25.3 Å². The molecule has 1 amide bonds. The van der Waals surface area contributed by atoms with E-state index < -0.39 is 12.1 Å². The molecule has 102 valence electrons. The molecule has 0 spiro atoms. The highest BCUT2D eigenvalue weighted by Crippen LogP contribution is 2.22. The van der Waals surface area contributed by atoms with Crippen LogP contribution in [-0.4, -0.2) is 40.0 Å². The molecule has 1 aliphatic carbocycles. The summed E-state index contributed by atoms with van der Waals surface area (Å²) in [5.41, 5.74) is 1.52. The number of alkyl carbamates (subject to hydrolysis) is 1. The number of hydrogen-bond acceptors (Lipinski definition) is 4. The average molecular weight is 265 g/mol. The maximum absolute atomic E-state index is 11.4. The van der Waals surface area contributed by atoms with E-state index in [-0.39, 0.29) is 18.3 Å². The number of carboxylic acids is 1. The maximum Gasteiger partial charge on any atom is 0.407 e. The summed E-state index contributed by atoms with van der Waals surface area (Å²) in [5, 5.41) is 18.2. The van der Waals surface area contributed by atoms with Crippen molar-refractivity contribution >= 4 is 12.1 Å².